The Hall–Kier alpha value is -2.82. The molecule has 0 aliphatic rings. The molecular weight excluding hydrogens is 321 g/mol. The Balaban J connectivity index is 1.59. The van der Waals surface area contributed by atoms with Crippen molar-refractivity contribution in [3.05, 3.63) is 65.7 Å². The maximum Gasteiger partial charge on any atom is 0.251 e. The van der Waals surface area contributed by atoms with Crippen molar-refractivity contribution in [3.8, 4) is 5.75 Å². The minimum atomic E-state index is -0.240. The molecule has 2 aromatic carbocycles. The summed E-state index contributed by atoms with van der Waals surface area (Å²) in [6.07, 6.45) is 3.14. The molecule has 0 radical (unpaired) electrons. The number of hydrogen-bond donors (Lipinski definition) is 1. The molecule has 0 saturated carbocycles. The lowest BCUT2D eigenvalue weighted by Crippen LogP contribution is -2.24. The molecule has 4 nitrogen and oxygen atoms in total. The summed E-state index contributed by atoms with van der Waals surface area (Å²) in [5, 5.41) is 3.75. The zero-order valence-corrected chi connectivity index (χ0v) is 14.0. The second kappa shape index (κ2) is 7.83. The van der Waals surface area contributed by atoms with E-state index in [0.29, 0.717) is 30.0 Å². The third kappa shape index (κ3) is 4.18. The van der Waals surface area contributed by atoms with Gasteiger partial charge >= 0.3 is 0 Å². The lowest BCUT2D eigenvalue weighted by atomic mass is 10.1. The number of fused-ring (bicyclic) bond motifs is 1. The van der Waals surface area contributed by atoms with Gasteiger partial charge in [-0.1, -0.05) is 12.1 Å². The third-order valence-electron chi connectivity index (χ3n) is 3.94. The Morgan fingerprint density at radius 3 is 2.76 bits per heavy atom. The first kappa shape index (κ1) is 17.0. The molecule has 3 aromatic rings. The van der Waals surface area contributed by atoms with Gasteiger partial charge in [0.1, 0.15) is 17.1 Å². The Labute approximate surface area is 145 Å². The second-order valence-corrected chi connectivity index (χ2v) is 5.73. The number of ether oxygens (including phenoxy) is 1. The Morgan fingerprint density at radius 2 is 2.00 bits per heavy atom. The van der Waals surface area contributed by atoms with Crippen LogP contribution in [-0.2, 0) is 6.42 Å². The molecule has 0 saturated heterocycles. The normalized spacial score (nSPS) is 10.8. The van der Waals surface area contributed by atoms with E-state index in [1.165, 1.54) is 12.1 Å². The van der Waals surface area contributed by atoms with Gasteiger partial charge in [0.05, 0.1) is 18.3 Å². The highest BCUT2D eigenvalue weighted by Gasteiger charge is 2.12. The smallest absolute Gasteiger partial charge is 0.251 e. The molecule has 0 bridgehead atoms. The van der Waals surface area contributed by atoms with Gasteiger partial charge in [-0.15, -0.1) is 0 Å². The van der Waals surface area contributed by atoms with Gasteiger partial charge in [-0.25, -0.2) is 4.39 Å². The molecule has 1 amide bonds. The minimum absolute atomic E-state index is 0.168. The maximum absolute atomic E-state index is 12.9. The molecular formula is C20H20FNO3. The van der Waals surface area contributed by atoms with Crippen LogP contribution < -0.4 is 10.1 Å². The molecule has 0 aliphatic carbocycles. The molecule has 0 atom stereocenters. The van der Waals surface area contributed by atoms with Crippen LogP contribution in [-0.4, -0.2) is 19.1 Å². The van der Waals surface area contributed by atoms with Crippen LogP contribution in [0.2, 0.25) is 0 Å². The van der Waals surface area contributed by atoms with Gasteiger partial charge in [0.15, 0.2) is 0 Å². The molecule has 1 heterocycles. The Bertz CT molecular complexity index is 855. The number of benzene rings is 2. The summed E-state index contributed by atoms with van der Waals surface area (Å²) >= 11 is 0. The van der Waals surface area contributed by atoms with Crippen molar-refractivity contribution >= 4 is 16.9 Å². The lowest BCUT2D eigenvalue weighted by Gasteiger charge is -2.09. The molecule has 1 aromatic heterocycles. The van der Waals surface area contributed by atoms with Crippen molar-refractivity contribution in [1.29, 1.82) is 0 Å². The summed E-state index contributed by atoms with van der Waals surface area (Å²) < 4.78 is 23.9. The van der Waals surface area contributed by atoms with Gasteiger partial charge in [-0.2, -0.15) is 0 Å². The number of rotatable bonds is 7. The van der Waals surface area contributed by atoms with Gasteiger partial charge in [-0.3, -0.25) is 4.79 Å². The van der Waals surface area contributed by atoms with Crippen molar-refractivity contribution in [2.45, 2.75) is 19.8 Å². The van der Waals surface area contributed by atoms with Crippen molar-refractivity contribution < 1.29 is 18.3 Å². The zero-order valence-electron chi connectivity index (χ0n) is 14.0. The van der Waals surface area contributed by atoms with E-state index in [9.17, 15) is 9.18 Å². The second-order valence-electron chi connectivity index (χ2n) is 5.73. The van der Waals surface area contributed by atoms with E-state index in [-0.39, 0.29) is 11.7 Å². The Kier molecular flexibility index (Phi) is 5.33. The molecule has 130 valence electrons. The fourth-order valence-corrected chi connectivity index (χ4v) is 2.69. The van der Waals surface area contributed by atoms with Gasteiger partial charge in [0.2, 0.25) is 0 Å². The van der Waals surface area contributed by atoms with Crippen molar-refractivity contribution in [2.24, 2.45) is 0 Å². The predicted octanol–water partition coefficient (Wildman–Crippen LogP) is 4.33. The van der Waals surface area contributed by atoms with Crippen molar-refractivity contribution in [3.63, 3.8) is 0 Å². The van der Waals surface area contributed by atoms with E-state index in [1.807, 2.05) is 13.0 Å². The van der Waals surface area contributed by atoms with Crippen LogP contribution in [0.3, 0.4) is 0 Å². The van der Waals surface area contributed by atoms with Crippen LogP contribution in [0, 0.1) is 5.82 Å². The van der Waals surface area contributed by atoms with Crippen LogP contribution in [0.15, 0.2) is 53.1 Å². The molecule has 0 aliphatic heterocycles. The number of carbonyl (C=O) groups is 1. The first-order chi connectivity index (χ1) is 12.2. The standard InChI is InChI=1S/C20H20FNO3/c1-2-24-18-12-15(13-19-17(18)9-11-25-19)20(23)22-10-3-4-14-5-7-16(21)8-6-14/h5-9,11-13H,2-4,10H2,1H3,(H,22,23). The van der Waals surface area contributed by atoms with Crippen LogP contribution in [0.25, 0.3) is 11.0 Å². The highest BCUT2D eigenvalue weighted by molar-refractivity contribution is 5.99. The van der Waals surface area contributed by atoms with E-state index in [4.69, 9.17) is 9.15 Å². The number of amides is 1. The minimum Gasteiger partial charge on any atom is -0.493 e. The topological polar surface area (TPSA) is 51.5 Å². The average Bonchev–Trinajstić information content (AvgIpc) is 3.09. The highest BCUT2D eigenvalue weighted by atomic mass is 19.1. The summed E-state index contributed by atoms with van der Waals surface area (Å²) in [4.78, 5) is 12.4. The summed E-state index contributed by atoms with van der Waals surface area (Å²) in [6.45, 7) is 2.95. The summed E-state index contributed by atoms with van der Waals surface area (Å²) in [5.74, 6) is 0.235. The SMILES string of the molecule is CCOc1cc(C(=O)NCCCc2ccc(F)cc2)cc2occc12. The van der Waals surface area contributed by atoms with E-state index in [1.54, 1.807) is 30.5 Å². The van der Waals surface area contributed by atoms with Gasteiger partial charge in [0.25, 0.3) is 5.91 Å². The summed E-state index contributed by atoms with van der Waals surface area (Å²) in [5.41, 5.74) is 2.18. The molecule has 0 fully saturated rings. The van der Waals surface area contributed by atoms with Crippen molar-refractivity contribution in [2.75, 3.05) is 13.2 Å². The van der Waals surface area contributed by atoms with Gasteiger partial charge < -0.3 is 14.5 Å². The molecule has 1 N–H and O–H groups in total. The fourth-order valence-electron chi connectivity index (χ4n) is 2.69. The highest BCUT2D eigenvalue weighted by Crippen LogP contribution is 2.28. The number of carbonyl (C=O) groups excluding carboxylic acids is 1. The Morgan fingerprint density at radius 1 is 1.20 bits per heavy atom. The number of halogens is 1. The third-order valence-corrected chi connectivity index (χ3v) is 3.94. The molecule has 25 heavy (non-hydrogen) atoms. The van der Waals surface area contributed by atoms with E-state index in [2.05, 4.69) is 5.32 Å². The first-order valence-electron chi connectivity index (χ1n) is 8.34. The molecule has 5 heteroatoms. The van der Waals surface area contributed by atoms with Crippen LogP contribution in [0.5, 0.6) is 5.75 Å². The number of hydrogen-bond acceptors (Lipinski definition) is 3. The van der Waals surface area contributed by atoms with Gasteiger partial charge in [-0.05, 0) is 55.7 Å². The fraction of sp³-hybridized carbons (Fsp3) is 0.250. The average molecular weight is 341 g/mol. The van der Waals surface area contributed by atoms with E-state index >= 15 is 0 Å². The lowest BCUT2D eigenvalue weighted by molar-refractivity contribution is 0.0953. The maximum atomic E-state index is 12.9. The summed E-state index contributed by atoms with van der Waals surface area (Å²) in [7, 11) is 0. The zero-order chi connectivity index (χ0) is 17.6. The number of aryl methyl sites for hydroxylation is 1. The van der Waals surface area contributed by atoms with E-state index < -0.39 is 0 Å². The molecule has 0 spiro atoms. The number of nitrogens with one attached hydrogen (secondary N) is 1. The van der Waals surface area contributed by atoms with E-state index in [0.717, 1.165) is 23.8 Å². The molecule has 3 rings (SSSR count). The monoisotopic (exact) mass is 341 g/mol. The predicted molar refractivity (Wildman–Crippen MR) is 94.4 cm³/mol. The largest absolute Gasteiger partial charge is 0.493 e. The summed E-state index contributed by atoms with van der Waals surface area (Å²) in [6, 6.07) is 11.7. The van der Waals surface area contributed by atoms with Crippen molar-refractivity contribution in [1.82, 2.24) is 5.32 Å². The van der Waals surface area contributed by atoms with Crippen LogP contribution in [0.1, 0.15) is 29.3 Å². The van der Waals surface area contributed by atoms with Crippen LogP contribution in [0.4, 0.5) is 4.39 Å². The quantitative estimate of drug-likeness (QED) is 0.651. The first-order valence-corrected chi connectivity index (χ1v) is 8.34. The van der Waals surface area contributed by atoms with Gasteiger partial charge in [0, 0.05) is 12.1 Å². The molecule has 0 unspecified atom stereocenters. The number of furan rings is 1. The van der Waals surface area contributed by atoms with Crippen LogP contribution >= 0.6 is 0 Å².